The summed E-state index contributed by atoms with van der Waals surface area (Å²) in [5.41, 5.74) is 2.76. The van der Waals surface area contributed by atoms with Crippen molar-refractivity contribution in [1.82, 2.24) is 5.43 Å². The number of nitrogens with one attached hydrogen (secondary N) is 1. The van der Waals surface area contributed by atoms with Crippen LogP contribution >= 0.6 is 0 Å². The average Bonchev–Trinajstić information content (AvgIpc) is 2.74. The normalized spacial score (nSPS) is 18.9. The first-order valence-electron chi connectivity index (χ1n) is 10.2. The van der Waals surface area contributed by atoms with Crippen LogP contribution in [0, 0.1) is 0 Å². The van der Waals surface area contributed by atoms with Gasteiger partial charge in [-0.1, -0.05) is 81.4 Å². The molecule has 1 aliphatic rings. The van der Waals surface area contributed by atoms with Crippen LogP contribution in [0.3, 0.4) is 0 Å². The monoisotopic (exact) mass is 426 g/mol. The Morgan fingerprint density at radius 2 is 1.70 bits per heavy atom. The van der Waals surface area contributed by atoms with Crippen molar-refractivity contribution in [2.45, 2.75) is 44.8 Å². The van der Waals surface area contributed by atoms with E-state index in [1.54, 1.807) is 0 Å². The molecule has 30 heavy (non-hydrogen) atoms. The summed E-state index contributed by atoms with van der Waals surface area (Å²) in [6, 6.07) is 21.1. The van der Waals surface area contributed by atoms with Gasteiger partial charge in [-0.2, -0.15) is 5.10 Å². The Labute approximate surface area is 179 Å². The van der Waals surface area contributed by atoms with Crippen LogP contribution < -0.4 is 15.8 Å². The summed E-state index contributed by atoms with van der Waals surface area (Å²) in [4.78, 5) is 10.6. The molecule has 2 N–H and O–H groups in total. The smallest absolute Gasteiger partial charge is 0.425 e. The van der Waals surface area contributed by atoms with Gasteiger partial charge in [0.25, 0.3) is 8.32 Å². The maximum atomic E-state index is 10.6. The van der Waals surface area contributed by atoms with Gasteiger partial charge in [0.05, 0.1) is 25.0 Å². The molecule has 0 bridgehead atoms. The van der Waals surface area contributed by atoms with E-state index in [9.17, 15) is 4.79 Å². The number of ether oxygens (including phenoxy) is 1. The number of benzene rings is 2. The predicted octanol–water partition coefficient (Wildman–Crippen LogP) is 3.37. The molecule has 1 atom stereocenters. The minimum Gasteiger partial charge on any atom is -0.464 e. The Hall–Kier alpha value is -2.48. The zero-order valence-electron chi connectivity index (χ0n) is 17.8. The molecule has 0 aromatic heterocycles. The van der Waals surface area contributed by atoms with Crippen molar-refractivity contribution >= 4 is 30.5 Å². The molecule has 0 saturated carbocycles. The Morgan fingerprint density at radius 3 is 2.13 bits per heavy atom. The van der Waals surface area contributed by atoms with E-state index in [0.717, 1.165) is 6.42 Å². The van der Waals surface area contributed by atoms with Crippen LogP contribution in [0.15, 0.2) is 65.8 Å². The summed E-state index contributed by atoms with van der Waals surface area (Å²) in [6.45, 7) is 7.57. The molecule has 2 aromatic carbocycles. The minimum absolute atomic E-state index is 0.0459. The van der Waals surface area contributed by atoms with Crippen LogP contribution in [0.5, 0.6) is 0 Å². The molecule has 160 valence electrons. The number of carbonyl (C=O) groups is 1. The van der Waals surface area contributed by atoms with Crippen molar-refractivity contribution in [3.63, 3.8) is 0 Å². The number of hydrogen-bond acceptors (Lipinski definition) is 4. The Kier molecular flexibility index (Phi) is 7.07. The lowest BCUT2D eigenvalue weighted by molar-refractivity contribution is 0.0234. The fraction of sp³-hybridized carbons (Fsp3) is 0.391. The molecule has 1 aliphatic heterocycles. The number of nitrogens with zero attached hydrogens (tertiary/aromatic N) is 1. The topological polar surface area (TPSA) is 80.2 Å². The number of amides is 1. The first kappa shape index (κ1) is 22.2. The molecule has 0 aliphatic carbocycles. The van der Waals surface area contributed by atoms with E-state index in [4.69, 9.17) is 14.3 Å². The van der Waals surface area contributed by atoms with E-state index >= 15 is 0 Å². The summed E-state index contributed by atoms with van der Waals surface area (Å²) >= 11 is 0. The van der Waals surface area contributed by atoms with Crippen LogP contribution in [0.25, 0.3) is 0 Å². The van der Waals surface area contributed by atoms with Gasteiger partial charge >= 0.3 is 6.09 Å². The van der Waals surface area contributed by atoms with E-state index in [0.29, 0.717) is 25.3 Å². The molecule has 1 saturated heterocycles. The lowest BCUT2D eigenvalue weighted by atomic mass is 10.1. The van der Waals surface area contributed by atoms with Gasteiger partial charge in [-0.15, -0.1) is 0 Å². The van der Waals surface area contributed by atoms with Crippen molar-refractivity contribution in [3.8, 4) is 0 Å². The van der Waals surface area contributed by atoms with Crippen LogP contribution in [-0.4, -0.2) is 44.5 Å². The van der Waals surface area contributed by atoms with Crippen molar-refractivity contribution < 1.29 is 19.1 Å². The van der Waals surface area contributed by atoms with Crippen LogP contribution in [0.4, 0.5) is 4.79 Å². The molecule has 2 aromatic rings. The van der Waals surface area contributed by atoms with E-state index in [1.165, 1.54) is 10.4 Å². The number of hydrogen-bond donors (Lipinski definition) is 2. The lowest BCUT2D eigenvalue weighted by Gasteiger charge is -2.44. The van der Waals surface area contributed by atoms with Crippen LogP contribution in [0.1, 0.15) is 33.6 Å². The second-order valence-electron chi connectivity index (χ2n) is 8.54. The van der Waals surface area contributed by atoms with Gasteiger partial charge < -0.3 is 14.3 Å². The first-order chi connectivity index (χ1) is 14.3. The van der Waals surface area contributed by atoms with E-state index in [1.807, 2.05) is 17.6 Å². The first-order valence-corrected chi connectivity index (χ1v) is 12.1. The average molecular weight is 427 g/mol. The fourth-order valence-corrected chi connectivity index (χ4v) is 8.61. The second-order valence-corrected chi connectivity index (χ2v) is 12.8. The lowest BCUT2D eigenvalue weighted by Crippen LogP contribution is -2.67. The quantitative estimate of drug-likeness (QED) is 0.548. The highest BCUT2D eigenvalue weighted by atomic mass is 28.4. The van der Waals surface area contributed by atoms with Gasteiger partial charge in [-0.3, -0.25) is 0 Å². The zero-order chi connectivity index (χ0) is 21.6. The number of carboxylic acid groups (broad SMARTS) is 1. The highest BCUT2D eigenvalue weighted by Gasteiger charge is 2.50. The van der Waals surface area contributed by atoms with Gasteiger partial charge in [0, 0.05) is 0 Å². The molecule has 6 nitrogen and oxygen atoms in total. The Balaban J connectivity index is 1.83. The standard InChI is InChI=1S/C23H30N2O4Si/c1-23(2,3)30(20-10-6-4-7-11-20,21-12-8-5-9-13-21)29-17-19-15-14-18(16-28-19)24-25-22(26)27/h4-13,19,25H,14-17H2,1-3H3,(H,26,27). The third kappa shape index (κ3) is 4.98. The molecule has 1 amide bonds. The van der Waals surface area contributed by atoms with Crippen molar-refractivity contribution in [3.05, 3.63) is 60.7 Å². The van der Waals surface area contributed by atoms with E-state index in [2.05, 4.69) is 74.4 Å². The highest BCUT2D eigenvalue weighted by Crippen LogP contribution is 2.37. The minimum atomic E-state index is -2.58. The molecule has 1 unspecified atom stereocenters. The summed E-state index contributed by atoms with van der Waals surface area (Å²) in [5.74, 6) is 0. The largest absolute Gasteiger partial charge is 0.464 e. The second kappa shape index (κ2) is 9.55. The van der Waals surface area contributed by atoms with E-state index < -0.39 is 14.4 Å². The molecule has 1 heterocycles. The Bertz CT molecular complexity index is 816. The van der Waals surface area contributed by atoms with Crippen molar-refractivity contribution in [2.24, 2.45) is 5.10 Å². The summed E-state index contributed by atoms with van der Waals surface area (Å²) in [5, 5.41) is 15.0. The van der Waals surface area contributed by atoms with Gasteiger partial charge in [-0.25, -0.2) is 10.2 Å². The van der Waals surface area contributed by atoms with Gasteiger partial charge in [0.2, 0.25) is 0 Å². The SMILES string of the molecule is CC(C)(C)[Si](OCC1CCC(=NNC(=O)O)CO1)(c1ccccc1)c1ccccc1. The van der Waals surface area contributed by atoms with E-state index in [-0.39, 0.29) is 11.1 Å². The van der Waals surface area contributed by atoms with Crippen molar-refractivity contribution in [1.29, 1.82) is 0 Å². The fourth-order valence-electron chi connectivity index (χ4n) is 4.02. The molecule has 0 radical (unpaired) electrons. The van der Waals surface area contributed by atoms with Crippen LogP contribution in [0.2, 0.25) is 5.04 Å². The number of rotatable bonds is 6. The van der Waals surface area contributed by atoms with Gasteiger partial charge in [0.1, 0.15) is 0 Å². The number of hydrazone groups is 1. The molecular weight excluding hydrogens is 396 g/mol. The highest BCUT2D eigenvalue weighted by molar-refractivity contribution is 6.99. The third-order valence-corrected chi connectivity index (χ3v) is 10.5. The molecular formula is C23H30N2O4Si. The zero-order valence-corrected chi connectivity index (χ0v) is 18.8. The molecule has 1 fully saturated rings. The molecule has 0 spiro atoms. The summed E-state index contributed by atoms with van der Waals surface area (Å²) in [7, 11) is -2.58. The van der Waals surface area contributed by atoms with Gasteiger partial charge in [-0.05, 0) is 28.3 Å². The summed E-state index contributed by atoms with van der Waals surface area (Å²) in [6.07, 6.45) is 0.225. The predicted molar refractivity (Wildman–Crippen MR) is 121 cm³/mol. The maximum Gasteiger partial charge on any atom is 0.425 e. The van der Waals surface area contributed by atoms with Crippen LogP contribution in [-0.2, 0) is 9.16 Å². The molecule has 7 heteroatoms. The Morgan fingerprint density at radius 1 is 1.13 bits per heavy atom. The maximum absolute atomic E-state index is 10.6. The third-order valence-electron chi connectivity index (χ3n) is 5.45. The van der Waals surface area contributed by atoms with Gasteiger partial charge in [0.15, 0.2) is 0 Å². The molecule has 3 rings (SSSR count). The van der Waals surface area contributed by atoms with Crippen molar-refractivity contribution in [2.75, 3.05) is 13.2 Å². The summed E-state index contributed by atoms with van der Waals surface area (Å²) < 4.78 is 12.8.